The number of carbonyl (C=O) groups excluding carboxylic acids is 2. The van der Waals surface area contributed by atoms with E-state index in [2.05, 4.69) is 39.4 Å². The summed E-state index contributed by atoms with van der Waals surface area (Å²) >= 11 is 0. The van der Waals surface area contributed by atoms with Gasteiger partial charge < -0.3 is 15.1 Å². The third kappa shape index (κ3) is 4.09. The molecule has 0 aromatic carbocycles. The Morgan fingerprint density at radius 3 is 2.75 bits per heavy atom. The quantitative estimate of drug-likeness (QED) is 0.747. The van der Waals surface area contributed by atoms with E-state index in [1.807, 2.05) is 18.9 Å². The summed E-state index contributed by atoms with van der Waals surface area (Å²) in [6.07, 6.45) is 5.82. The summed E-state index contributed by atoms with van der Waals surface area (Å²) in [6, 6.07) is 5.35. The van der Waals surface area contributed by atoms with Crippen molar-refractivity contribution in [2.45, 2.75) is 57.7 Å². The minimum atomic E-state index is -0.324. The van der Waals surface area contributed by atoms with Gasteiger partial charge in [0.15, 0.2) is 5.82 Å². The topological polar surface area (TPSA) is 97.5 Å². The van der Waals surface area contributed by atoms with E-state index in [0.29, 0.717) is 18.1 Å². The number of aryl methyl sites for hydroxylation is 1. The third-order valence-electron chi connectivity index (χ3n) is 7.03. The first-order valence-electron chi connectivity index (χ1n) is 11.4. The maximum atomic E-state index is 13.4. The van der Waals surface area contributed by atoms with Crippen molar-refractivity contribution in [3.05, 3.63) is 41.3 Å². The fourth-order valence-electron chi connectivity index (χ4n) is 4.82. The van der Waals surface area contributed by atoms with Gasteiger partial charge in [-0.2, -0.15) is 5.10 Å². The highest BCUT2D eigenvalue weighted by atomic mass is 16.2. The van der Waals surface area contributed by atoms with Crippen LogP contribution in [0.4, 0.5) is 10.6 Å². The molecule has 0 radical (unpaired) electrons. The molecule has 2 aliphatic rings. The number of pyridine rings is 1. The molecule has 1 saturated carbocycles. The van der Waals surface area contributed by atoms with Crippen LogP contribution in [-0.4, -0.2) is 80.6 Å². The molecule has 9 heteroatoms. The van der Waals surface area contributed by atoms with Crippen LogP contribution in [0.15, 0.2) is 24.4 Å². The summed E-state index contributed by atoms with van der Waals surface area (Å²) in [5, 5.41) is 10.2. The highest BCUT2D eigenvalue weighted by molar-refractivity contribution is 6.02. The Hall–Kier alpha value is -2.94. The summed E-state index contributed by atoms with van der Waals surface area (Å²) in [5.41, 5.74) is 2.19. The number of piperazine rings is 1. The number of urea groups is 1. The second-order valence-corrected chi connectivity index (χ2v) is 9.13. The lowest BCUT2D eigenvalue weighted by Crippen LogP contribution is -2.68. The summed E-state index contributed by atoms with van der Waals surface area (Å²) in [7, 11) is 3.99. The Morgan fingerprint density at radius 2 is 2.12 bits per heavy atom. The number of rotatable bonds is 5. The van der Waals surface area contributed by atoms with Crippen molar-refractivity contribution in [2.75, 3.05) is 32.5 Å². The number of carbonyl (C=O) groups is 2. The molecular weight excluding hydrogens is 406 g/mol. The molecule has 2 fully saturated rings. The Labute approximate surface area is 189 Å². The van der Waals surface area contributed by atoms with Gasteiger partial charge in [-0.1, -0.05) is 13.0 Å². The van der Waals surface area contributed by atoms with E-state index in [1.54, 1.807) is 29.3 Å². The number of aromatic amines is 1. The van der Waals surface area contributed by atoms with E-state index < -0.39 is 0 Å². The Morgan fingerprint density at radius 1 is 1.34 bits per heavy atom. The average molecular weight is 440 g/mol. The highest BCUT2D eigenvalue weighted by Gasteiger charge is 2.48. The van der Waals surface area contributed by atoms with Crippen LogP contribution in [0.3, 0.4) is 0 Å². The molecule has 4 rings (SSSR count). The normalized spacial score (nSPS) is 20.1. The summed E-state index contributed by atoms with van der Waals surface area (Å²) in [5.74, 6) is 0.119. The van der Waals surface area contributed by atoms with Gasteiger partial charge in [-0.25, -0.2) is 4.79 Å². The van der Waals surface area contributed by atoms with Crippen LogP contribution in [0.2, 0.25) is 0 Å². The molecule has 1 saturated heterocycles. The second kappa shape index (κ2) is 8.90. The standard InChI is InChI=1S/C23H33N7O2/c1-5-18-17(20(27-26-18)25-21(31)19-9-6-7-12-24-19)14-28(3)22(32)30-15-23(10-8-11-23)29(4)13-16(30)2/h6-7,9,12,16H,5,8,10-11,13-15H2,1-4H3,(H2,25,26,27,31). The molecule has 172 valence electrons. The van der Waals surface area contributed by atoms with Crippen LogP contribution in [0.25, 0.3) is 0 Å². The van der Waals surface area contributed by atoms with E-state index in [4.69, 9.17) is 0 Å². The number of likely N-dealkylation sites (N-methyl/N-ethyl adjacent to an activating group) is 1. The molecule has 2 aromatic rings. The largest absolute Gasteiger partial charge is 0.323 e. The molecule has 0 bridgehead atoms. The van der Waals surface area contributed by atoms with E-state index in [1.165, 1.54) is 6.42 Å². The van der Waals surface area contributed by atoms with Gasteiger partial charge in [0.25, 0.3) is 5.91 Å². The number of nitrogens with one attached hydrogen (secondary N) is 2. The van der Waals surface area contributed by atoms with Gasteiger partial charge in [0.1, 0.15) is 5.69 Å². The molecule has 32 heavy (non-hydrogen) atoms. The van der Waals surface area contributed by atoms with Gasteiger partial charge in [-0.05, 0) is 51.8 Å². The van der Waals surface area contributed by atoms with E-state index in [0.717, 1.165) is 43.6 Å². The number of anilines is 1. The zero-order valence-electron chi connectivity index (χ0n) is 19.4. The van der Waals surface area contributed by atoms with Crippen LogP contribution < -0.4 is 5.32 Å². The average Bonchev–Trinajstić information content (AvgIpc) is 3.14. The van der Waals surface area contributed by atoms with Crippen molar-refractivity contribution < 1.29 is 9.59 Å². The number of hydrogen-bond donors (Lipinski definition) is 2. The molecule has 1 aliphatic heterocycles. The summed E-state index contributed by atoms with van der Waals surface area (Å²) in [4.78, 5) is 36.3. The predicted octanol–water partition coefficient (Wildman–Crippen LogP) is 2.73. The minimum absolute atomic E-state index is 0.0159. The number of H-pyrrole nitrogens is 1. The molecule has 3 amide bonds. The molecular formula is C23H33N7O2. The third-order valence-corrected chi connectivity index (χ3v) is 7.03. The zero-order chi connectivity index (χ0) is 22.9. The van der Waals surface area contributed by atoms with Crippen molar-refractivity contribution in [1.29, 1.82) is 0 Å². The van der Waals surface area contributed by atoms with Crippen LogP contribution in [0.1, 0.15) is 54.9 Å². The number of amides is 3. The zero-order valence-corrected chi connectivity index (χ0v) is 19.4. The van der Waals surface area contributed by atoms with Crippen molar-refractivity contribution >= 4 is 17.8 Å². The fraction of sp³-hybridized carbons (Fsp3) is 0.565. The first-order chi connectivity index (χ1) is 15.3. The van der Waals surface area contributed by atoms with E-state index in [9.17, 15) is 9.59 Å². The number of nitrogens with zero attached hydrogens (tertiary/aromatic N) is 5. The lowest BCUT2D eigenvalue weighted by molar-refractivity contribution is -0.0475. The van der Waals surface area contributed by atoms with Crippen molar-refractivity contribution in [2.24, 2.45) is 0 Å². The molecule has 1 aliphatic carbocycles. The SMILES string of the molecule is CCc1[nH]nc(NC(=O)c2ccccn2)c1CN(C)C(=O)N1CC2(CCC2)N(C)CC1C. The van der Waals surface area contributed by atoms with Crippen LogP contribution in [-0.2, 0) is 13.0 Å². The first-order valence-corrected chi connectivity index (χ1v) is 11.4. The van der Waals surface area contributed by atoms with Gasteiger partial charge in [0.05, 0.1) is 6.54 Å². The van der Waals surface area contributed by atoms with Crippen LogP contribution in [0, 0.1) is 0 Å². The summed E-state index contributed by atoms with van der Waals surface area (Å²) < 4.78 is 0. The molecule has 3 heterocycles. The molecule has 2 N–H and O–H groups in total. The predicted molar refractivity (Wildman–Crippen MR) is 122 cm³/mol. The van der Waals surface area contributed by atoms with E-state index >= 15 is 0 Å². The van der Waals surface area contributed by atoms with Crippen molar-refractivity contribution in [3.8, 4) is 0 Å². The maximum Gasteiger partial charge on any atom is 0.320 e. The molecule has 9 nitrogen and oxygen atoms in total. The summed E-state index contributed by atoms with van der Waals surface area (Å²) in [6.45, 7) is 6.15. The monoisotopic (exact) mass is 439 g/mol. The van der Waals surface area contributed by atoms with Crippen LogP contribution >= 0.6 is 0 Å². The van der Waals surface area contributed by atoms with Gasteiger partial charge in [-0.3, -0.25) is 19.8 Å². The number of hydrogen-bond acceptors (Lipinski definition) is 5. The van der Waals surface area contributed by atoms with Gasteiger partial charge >= 0.3 is 6.03 Å². The fourth-order valence-corrected chi connectivity index (χ4v) is 4.82. The maximum absolute atomic E-state index is 13.4. The smallest absolute Gasteiger partial charge is 0.320 e. The Kier molecular flexibility index (Phi) is 6.19. The van der Waals surface area contributed by atoms with Gasteiger partial charge in [0.2, 0.25) is 0 Å². The Balaban J connectivity index is 1.49. The lowest BCUT2D eigenvalue weighted by atomic mass is 9.73. The second-order valence-electron chi connectivity index (χ2n) is 9.13. The highest BCUT2D eigenvalue weighted by Crippen LogP contribution is 2.40. The molecule has 1 atom stereocenters. The number of aromatic nitrogens is 3. The lowest BCUT2D eigenvalue weighted by Gasteiger charge is -2.57. The molecule has 1 unspecified atom stereocenters. The van der Waals surface area contributed by atoms with Gasteiger partial charge in [-0.15, -0.1) is 0 Å². The van der Waals surface area contributed by atoms with Gasteiger partial charge in [0, 0.05) is 49.2 Å². The van der Waals surface area contributed by atoms with Crippen LogP contribution in [0.5, 0.6) is 0 Å². The first kappa shape index (κ1) is 22.3. The van der Waals surface area contributed by atoms with Crippen molar-refractivity contribution in [1.82, 2.24) is 29.9 Å². The minimum Gasteiger partial charge on any atom is -0.323 e. The molecule has 1 spiro atoms. The van der Waals surface area contributed by atoms with Crippen molar-refractivity contribution in [3.63, 3.8) is 0 Å². The molecule has 2 aromatic heterocycles. The van der Waals surface area contributed by atoms with E-state index in [-0.39, 0.29) is 23.5 Å². The Bertz CT molecular complexity index is 970.